The molecule has 0 radical (unpaired) electrons. The molecule has 1 amide bonds. The molecule has 4 heteroatoms. The molecular weight excluding hydrogens is 354 g/mol. The van der Waals surface area contributed by atoms with Crippen LogP contribution in [0.15, 0.2) is 46.9 Å². The molecule has 0 bridgehead atoms. The molecule has 3 rings (SSSR count). The van der Waals surface area contributed by atoms with Gasteiger partial charge in [0, 0.05) is 12.2 Å². The normalized spacial score (nSPS) is 13.6. The van der Waals surface area contributed by atoms with Gasteiger partial charge in [0.25, 0.3) is 5.91 Å². The van der Waals surface area contributed by atoms with Gasteiger partial charge in [0.2, 0.25) is 0 Å². The van der Waals surface area contributed by atoms with Crippen LogP contribution in [0.3, 0.4) is 0 Å². The number of fused-ring (bicyclic) bond motifs is 1. The Morgan fingerprint density at radius 2 is 2.09 bits per heavy atom. The van der Waals surface area contributed by atoms with Crippen molar-refractivity contribution in [2.45, 2.75) is 26.2 Å². The van der Waals surface area contributed by atoms with E-state index in [1.54, 1.807) is 0 Å². The van der Waals surface area contributed by atoms with Crippen molar-refractivity contribution in [1.82, 2.24) is 0 Å². The monoisotopic (exact) mass is 373 g/mol. The van der Waals surface area contributed by atoms with E-state index in [4.69, 9.17) is 4.74 Å². The van der Waals surface area contributed by atoms with Crippen LogP contribution in [-0.2, 0) is 17.6 Å². The number of carbonyl (C=O) groups is 1. The van der Waals surface area contributed by atoms with Gasteiger partial charge in [-0.3, -0.25) is 4.79 Å². The van der Waals surface area contributed by atoms with Gasteiger partial charge in [-0.1, -0.05) is 31.2 Å². The maximum atomic E-state index is 12.6. The zero-order valence-electron chi connectivity index (χ0n) is 13.2. The van der Waals surface area contributed by atoms with E-state index in [-0.39, 0.29) is 12.5 Å². The molecule has 0 N–H and O–H groups in total. The number of rotatable bonds is 4. The number of para-hydroxylation sites is 1. The van der Waals surface area contributed by atoms with Crippen molar-refractivity contribution in [2.24, 2.45) is 0 Å². The Labute approximate surface area is 145 Å². The molecule has 0 aliphatic carbocycles. The molecular formula is C19H20BrNO2. The maximum absolute atomic E-state index is 12.6. The predicted octanol–water partition coefficient (Wildman–Crippen LogP) is 4.37. The fraction of sp³-hybridized carbons (Fsp3) is 0.316. The van der Waals surface area contributed by atoms with Gasteiger partial charge in [0.15, 0.2) is 6.61 Å². The van der Waals surface area contributed by atoms with Gasteiger partial charge in [-0.2, -0.15) is 0 Å². The molecule has 0 fully saturated rings. The summed E-state index contributed by atoms with van der Waals surface area (Å²) in [5.74, 6) is 0.712. The van der Waals surface area contributed by atoms with Gasteiger partial charge in [-0.25, -0.2) is 0 Å². The average Bonchev–Trinajstić information content (AvgIpc) is 2.59. The summed E-state index contributed by atoms with van der Waals surface area (Å²) < 4.78 is 6.62. The molecule has 0 spiro atoms. The molecule has 0 saturated heterocycles. The third-order valence-corrected chi connectivity index (χ3v) is 4.79. The second-order valence-corrected chi connectivity index (χ2v) is 6.54. The summed E-state index contributed by atoms with van der Waals surface area (Å²) in [6.07, 6.45) is 3.00. The number of nitrogens with zero attached hydrogens (tertiary/aromatic N) is 1. The van der Waals surface area contributed by atoms with Crippen LogP contribution in [0, 0.1) is 0 Å². The lowest BCUT2D eigenvalue weighted by Crippen LogP contribution is -2.38. The number of aryl methyl sites for hydroxylation is 2. The minimum Gasteiger partial charge on any atom is -0.483 e. The van der Waals surface area contributed by atoms with E-state index in [9.17, 15) is 4.79 Å². The minimum atomic E-state index is 0.00335. The SMILES string of the molecule is CCc1ccc(OCC(=O)N2CCCc3ccccc32)c(Br)c1. The predicted molar refractivity (Wildman–Crippen MR) is 96.1 cm³/mol. The number of anilines is 1. The van der Waals surface area contributed by atoms with Gasteiger partial charge >= 0.3 is 0 Å². The van der Waals surface area contributed by atoms with Gasteiger partial charge < -0.3 is 9.64 Å². The van der Waals surface area contributed by atoms with Gasteiger partial charge in [0.05, 0.1) is 4.47 Å². The zero-order chi connectivity index (χ0) is 16.2. The smallest absolute Gasteiger partial charge is 0.264 e. The zero-order valence-corrected chi connectivity index (χ0v) is 14.8. The molecule has 0 saturated carbocycles. The molecule has 3 nitrogen and oxygen atoms in total. The highest BCUT2D eigenvalue weighted by molar-refractivity contribution is 9.10. The van der Waals surface area contributed by atoms with Crippen molar-refractivity contribution in [1.29, 1.82) is 0 Å². The Balaban J connectivity index is 1.69. The first-order chi connectivity index (χ1) is 11.2. The van der Waals surface area contributed by atoms with Crippen molar-refractivity contribution < 1.29 is 9.53 Å². The highest BCUT2D eigenvalue weighted by Gasteiger charge is 2.22. The Hall–Kier alpha value is -1.81. The summed E-state index contributed by atoms with van der Waals surface area (Å²) >= 11 is 3.51. The number of halogens is 1. The molecule has 1 aliphatic rings. The summed E-state index contributed by atoms with van der Waals surface area (Å²) in [4.78, 5) is 14.4. The number of hydrogen-bond acceptors (Lipinski definition) is 2. The van der Waals surface area contributed by atoms with Crippen molar-refractivity contribution in [2.75, 3.05) is 18.1 Å². The third-order valence-electron chi connectivity index (χ3n) is 4.17. The number of amides is 1. The van der Waals surface area contributed by atoms with E-state index in [0.717, 1.165) is 36.0 Å². The summed E-state index contributed by atoms with van der Waals surface area (Å²) in [7, 11) is 0. The standard InChI is InChI=1S/C19H20BrNO2/c1-2-14-9-10-18(16(20)12-14)23-13-19(22)21-11-5-7-15-6-3-4-8-17(15)21/h3-4,6,8-10,12H,2,5,7,11,13H2,1H3. The minimum absolute atomic E-state index is 0.00335. The molecule has 1 aliphatic heterocycles. The van der Waals surface area contributed by atoms with Crippen LogP contribution < -0.4 is 9.64 Å². The second-order valence-electron chi connectivity index (χ2n) is 5.68. The molecule has 0 atom stereocenters. The number of carbonyl (C=O) groups excluding carboxylic acids is 1. The van der Waals surface area contributed by atoms with Gasteiger partial charge in [0.1, 0.15) is 5.75 Å². The van der Waals surface area contributed by atoms with Crippen molar-refractivity contribution in [3.63, 3.8) is 0 Å². The van der Waals surface area contributed by atoms with E-state index in [0.29, 0.717) is 5.75 Å². The van der Waals surface area contributed by atoms with Crippen molar-refractivity contribution in [3.05, 3.63) is 58.1 Å². The Bertz CT molecular complexity index is 714. The second kappa shape index (κ2) is 7.18. The molecule has 0 aromatic heterocycles. The highest BCUT2D eigenvalue weighted by atomic mass is 79.9. The summed E-state index contributed by atoms with van der Waals surface area (Å²) in [6, 6.07) is 14.1. The largest absolute Gasteiger partial charge is 0.483 e. The van der Waals surface area contributed by atoms with Gasteiger partial charge in [-0.05, 0) is 64.5 Å². The van der Waals surface area contributed by atoms with Crippen LogP contribution in [0.1, 0.15) is 24.5 Å². The summed E-state index contributed by atoms with van der Waals surface area (Å²) in [5, 5.41) is 0. The lowest BCUT2D eigenvalue weighted by atomic mass is 10.0. The van der Waals surface area contributed by atoms with Crippen LogP contribution >= 0.6 is 15.9 Å². The number of hydrogen-bond donors (Lipinski definition) is 0. The number of ether oxygens (including phenoxy) is 1. The molecule has 0 unspecified atom stereocenters. The van der Waals surface area contributed by atoms with Crippen LogP contribution in [-0.4, -0.2) is 19.1 Å². The molecule has 2 aromatic rings. The van der Waals surface area contributed by atoms with E-state index in [2.05, 4.69) is 28.9 Å². The topological polar surface area (TPSA) is 29.5 Å². The third kappa shape index (κ3) is 3.58. The van der Waals surface area contributed by atoms with E-state index < -0.39 is 0 Å². The van der Waals surface area contributed by atoms with E-state index in [1.165, 1.54) is 11.1 Å². The maximum Gasteiger partial charge on any atom is 0.264 e. The van der Waals surface area contributed by atoms with Crippen molar-refractivity contribution >= 4 is 27.5 Å². The first kappa shape index (κ1) is 16.1. The van der Waals surface area contributed by atoms with E-state index >= 15 is 0 Å². The summed E-state index contributed by atoms with van der Waals surface area (Å²) in [5.41, 5.74) is 3.49. The summed E-state index contributed by atoms with van der Waals surface area (Å²) in [6.45, 7) is 2.92. The van der Waals surface area contributed by atoms with Gasteiger partial charge in [-0.15, -0.1) is 0 Å². The molecule has 23 heavy (non-hydrogen) atoms. The van der Waals surface area contributed by atoms with Crippen LogP contribution in [0.4, 0.5) is 5.69 Å². The first-order valence-electron chi connectivity index (χ1n) is 7.98. The highest BCUT2D eigenvalue weighted by Crippen LogP contribution is 2.28. The van der Waals surface area contributed by atoms with Crippen molar-refractivity contribution in [3.8, 4) is 5.75 Å². The quantitative estimate of drug-likeness (QED) is 0.796. The molecule has 120 valence electrons. The lowest BCUT2D eigenvalue weighted by Gasteiger charge is -2.29. The Morgan fingerprint density at radius 3 is 2.87 bits per heavy atom. The molecule has 1 heterocycles. The first-order valence-corrected chi connectivity index (χ1v) is 8.78. The molecule has 2 aromatic carbocycles. The van der Waals surface area contributed by atoms with Crippen LogP contribution in [0.2, 0.25) is 0 Å². The fourth-order valence-corrected chi connectivity index (χ4v) is 3.43. The van der Waals surface area contributed by atoms with Crippen LogP contribution in [0.25, 0.3) is 0 Å². The fourth-order valence-electron chi connectivity index (χ4n) is 2.89. The Kier molecular flexibility index (Phi) is 5.01. The number of benzene rings is 2. The Morgan fingerprint density at radius 1 is 1.26 bits per heavy atom. The average molecular weight is 374 g/mol. The van der Waals surface area contributed by atoms with Crippen LogP contribution in [0.5, 0.6) is 5.75 Å². The van der Waals surface area contributed by atoms with E-state index in [1.807, 2.05) is 41.3 Å². The lowest BCUT2D eigenvalue weighted by molar-refractivity contribution is -0.120.